The Morgan fingerprint density at radius 2 is 2.17 bits per heavy atom. The van der Waals surface area contributed by atoms with Gasteiger partial charge in [-0.2, -0.15) is 0 Å². The molecular formula is C16H18BrN3O4. The molecule has 0 aliphatic heterocycles. The van der Waals surface area contributed by atoms with Gasteiger partial charge in [0.25, 0.3) is 5.56 Å². The lowest BCUT2D eigenvalue weighted by Crippen LogP contribution is -2.31. The number of halogens is 1. The zero-order valence-corrected chi connectivity index (χ0v) is 15.0. The molecule has 0 unspecified atom stereocenters. The van der Waals surface area contributed by atoms with Gasteiger partial charge in [0.15, 0.2) is 0 Å². The molecule has 0 aliphatic rings. The fraction of sp³-hybridized carbons (Fsp3) is 0.312. The van der Waals surface area contributed by atoms with Crippen molar-refractivity contribution >= 4 is 22.1 Å². The third kappa shape index (κ3) is 4.01. The van der Waals surface area contributed by atoms with Gasteiger partial charge in [0.1, 0.15) is 5.56 Å². The number of H-pyrrole nitrogens is 1. The maximum atomic E-state index is 12.1. The van der Waals surface area contributed by atoms with Gasteiger partial charge >= 0.3 is 5.69 Å². The second kappa shape index (κ2) is 8.07. The predicted molar refractivity (Wildman–Crippen MR) is 95.7 cm³/mol. The first-order chi connectivity index (χ1) is 11.5. The van der Waals surface area contributed by atoms with E-state index >= 15 is 0 Å². The Balaban J connectivity index is 2.46. The molecule has 1 aromatic carbocycles. The van der Waals surface area contributed by atoms with Gasteiger partial charge in [-0.25, -0.2) is 9.36 Å². The Bertz CT molecular complexity index is 871. The summed E-state index contributed by atoms with van der Waals surface area (Å²) >= 11 is 3.38. The number of aromatic nitrogens is 2. The Morgan fingerprint density at radius 3 is 2.83 bits per heavy atom. The third-order valence-corrected chi connectivity index (χ3v) is 4.27. The quantitative estimate of drug-likeness (QED) is 0.575. The van der Waals surface area contributed by atoms with E-state index in [1.807, 2.05) is 6.92 Å². The van der Waals surface area contributed by atoms with E-state index in [0.29, 0.717) is 25.3 Å². The van der Waals surface area contributed by atoms with Crippen molar-refractivity contribution in [2.75, 3.05) is 20.3 Å². The number of hydrogen-bond acceptors (Lipinski definition) is 5. The van der Waals surface area contributed by atoms with Crippen molar-refractivity contribution in [3.05, 3.63) is 54.6 Å². The van der Waals surface area contributed by atoms with Crippen molar-refractivity contribution in [1.29, 1.82) is 0 Å². The molecule has 0 amide bonds. The number of aromatic hydroxyl groups is 1. The monoisotopic (exact) mass is 395 g/mol. The van der Waals surface area contributed by atoms with Crippen LogP contribution < -0.4 is 11.2 Å². The molecule has 24 heavy (non-hydrogen) atoms. The molecule has 1 aromatic heterocycles. The summed E-state index contributed by atoms with van der Waals surface area (Å²) in [4.78, 5) is 30.3. The number of aryl methyl sites for hydroxylation is 1. The van der Waals surface area contributed by atoms with E-state index in [9.17, 15) is 14.7 Å². The molecule has 0 spiro atoms. The number of benzene rings is 1. The number of rotatable bonds is 6. The van der Waals surface area contributed by atoms with Crippen molar-refractivity contribution < 1.29 is 9.84 Å². The number of nitrogens with zero attached hydrogens (tertiary/aromatic N) is 2. The van der Waals surface area contributed by atoms with Gasteiger partial charge in [-0.1, -0.05) is 15.9 Å². The zero-order chi connectivity index (χ0) is 17.7. The molecule has 0 aliphatic carbocycles. The minimum Gasteiger partial charge on any atom is -0.493 e. The van der Waals surface area contributed by atoms with E-state index < -0.39 is 17.1 Å². The Morgan fingerprint density at radius 1 is 1.42 bits per heavy atom. The van der Waals surface area contributed by atoms with Crippen LogP contribution >= 0.6 is 15.9 Å². The second-order valence-electron chi connectivity index (χ2n) is 5.15. The average molecular weight is 396 g/mol. The Hall–Kier alpha value is -2.19. The van der Waals surface area contributed by atoms with Crippen LogP contribution in [0.3, 0.4) is 0 Å². The van der Waals surface area contributed by atoms with Crippen LogP contribution in [-0.2, 0) is 4.74 Å². The molecule has 0 fully saturated rings. The average Bonchev–Trinajstić information content (AvgIpc) is 2.53. The van der Waals surface area contributed by atoms with Crippen LogP contribution in [0.5, 0.6) is 5.88 Å². The lowest BCUT2D eigenvalue weighted by Gasteiger charge is -2.11. The van der Waals surface area contributed by atoms with Crippen LogP contribution in [-0.4, -0.2) is 41.1 Å². The van der Waals surface area contributed by atoms with E-state index in [1.165, 1.54) is 6.21 Å². The molecule has 2 aromatic rings. The van der Waals surface area contributed by atoms with Crippen molar-refractivity contribution in [2.45, 2.75) is 13.3 Å². The van der Waals surface area contributed by atoms with Gasteiger partial charge in [-0.15, -0.1) is 0 Å². The minimum absolute atomic E-state index is 0.0624. The van der Waals surface area contributed by atoms with Crippen LogP contribution in [0.15, 0.2) is 37.3 Å². The van der Waals surface area contributed by atoms with Crippen molar-refractivity contribution in [3.8, 4) is 11.6 Å². The number of ether oxygens (including phenoxy) is 1. The molecule has 8 heteroatoms. The summed E-state index contributed by atoms with van der Waals surface area (Å²) in [5.41, 5.74) is -0.121. The van der Waals surface area contributed by atoms with Crippen LogP contribution in [0.4, 0.5) is 0 Å². The van der Waals surface area contributed by atoms with Crippen LogP contribution in [0.1, 0.15) is 17.5 Å². The van der Waals surface area contributed by atoms with E-state index in [1.54, 1.807) is 25.3 Å². The fourth-order valence-corrected chi connectivity index (χ4v) is 2.37. The fourth-order valence-electron chi connectivity index (χ4n) is 2.12. The number of methoxy groups -OCH3 is 1. The summed E-state index contributed by atoms with van der Waals surface area (Å²) < 4.78 is 6.83. The summed E-state index contributed by atoms with van der Waals surface area (Å²) in [6.45, 7) is 2.86. The predicted octanol–water partition coefficient (Wildman–Crippen LogP) is 1.76. The normalized spacial score (nSPS) is 11.3. The van der Waals surface area contributed by atoms with E-state index in [4.69, 9.17) is 4.74 Å². The van der Waals surface area contributed by atoms with E-state index in [0.717, 1.165) is 14.6 Å². The summed E-state index contributed by atoms with van der Waals surface area (Å²) in [7, 11) is 1.59. The molecule has 0 saturated carbocycles. The van der Waals surface area contributed by atoms with Crippen molar-refractivity contribution in [2.24, 2.45) is 4.99 Å². The van der Waals surface area contributed by atoms with Crippen LogP contribution in [0, 0.1) is 6.92 Å². The number of nitrogens with one attached hydrogen (secondary N) is 1. The number of hydrogen-bond donors (Lipinski definition) is 2. The molecule has 7 nitrogen and oxygen atoms in total. The summed E-state index contributed by atoms with van der Waals surface area (Å²) in [6, 6.07) is 5.15. The Labute approximate surface area is 146 Å². The molecule has 2 rings (SSSR count). The van der Waals surface area contributed by atoms with E-state index in [2.05, 4.69) is 25.9 Å². The Kier molecular flexibility index (Phi) is 6.10. The van der Waals surface area contributed by atoms with Gasteiger partial charge in [-0.3, -0.25) is 14.8 Å². The maximum Gasteiger partial charge on any atom is 0.335 e. The molecule has 1 heterocycles. The van der Waals surface area contributed by atoms with Crippen LogP contribution in [0.2, 0.25) is 0 Å². The first-order valence-corrected chi connectivity index (χ1v) is 8.08. The van der Waals surface area contributed by atoms with Gasteiger partial charge in [0.05, 0.1) is 5.69 Å². The molecule has 0 bridgehead atoms. The standard InChI is InChI=1S/C16H18BrN3O4/c1-10-8-11(4-5-13(10)17)20-15(22)12(14(21)19-16(20)23)9-18-6-3-7-24-2/h4-5,8-9,22H,3,6-7H2,1-2H3,(H,19,21,23). The van der Waals surface area contributed by atoms with Gasteiger partial charge < -0.3 is 9.84 Å². The minimum atomic E-state index is -0.712. The molecule has 128 valence electrons. The first-order valence-electron chi connectivity index (χ1n) is 7.29. The highest BCUT2D eigenvalue weighted by molar-refractivity contribution is 9.10. The van der Waals surface area contributed by atoms with Crippen LogP contribution in [0.25, 0.3) is 5.69 Å². The smallest absolute Gasteiger partial charge is 0.335 e. The lowest BCUT2D eigenvalue weighted by atomic mass is 10.2. The third-order valence-electron chi connectivity index (χ3n) is 3.38. The SMILES string of the molecule is COCCCN=Cc1c(O)n(-c2ccc(Br)c(C)c2)c(=O)[nH]c1=O. The summed E-state index contributed by atoms with van der Waals surface area (Å²) in [5.74, 6) is -0.444. The van der Waals surface area contributed by atoms with Gasteiger partial charge in [0.2, 0.25) is 5.88 Å². The molecule has 2 N–H and O–H groups in total. The highest BCUT2D eigenvalue weighted by Gasteiger charge is 2.14. The first kappa shape index (κ1) is 18.2. The highest BCUT2D eigenvalue weighted by atomic mass is 79.9. The molecule has 0 atom stereocenters. The number of aromatic amines is 1. The lowest BCUT2D eigenvalue weighted by molar-refractivity contribution is 0.197. The second-order valence-corrected chi connectivity index (χ2v) is 6.00. The summed E-state index contributed by atoms with van der Waals surface area (Å²) in [5, 5.41) is 10.4. The topological polar surface area (TPSA) is 96.7 Å². The van der Waals surface area contributed by atoms with Crippen molar-refractivity contribution in [1.82, 2.24) is 9.55 Å². The maximum absolute atomic E-state index is 12.1. The largest absolute Gasteiger partial charge is 0.493 e. The molecule has 0 saturated heterocycles. The van der Waals surface area contributed by atoms with Gasteiger partial charge in [-0.05, 0) is 37.1 Å². The van der Waals surface area contributed by atoms with E-state index in [-0.39, 0.29) is 5.56 Å². The highest BCUT2D eigenvalue weighted by Crippen LogP contribution is 2.21. The summed E-state index contributed by atoms with van der Waals surface area (Å²) in [6.07, 6.45) is 1.96. The number of aliphatic imine (C=N–C) groups is 1. The van der Waals surface area contributed by atoms with Crippen molar-refractivity contribution in [3.63, 3.8) is 0 Å². The van der Waals surface area contributed by atoms with Gasteiger partial charge in [0, 0.05) is 30.9 Å². The molecular weight excluding hydrogens is 378 g/mol. The zero-order valence-electron chi connectivity index (χ0n) is 13.4. The molecule has 0 radical (unpaired) electrons.